The number of nitrogens with zero attached hydrogens (tertiary/aromatic N) is 4. The number of aromatic nitrogens is 2. The lowest BCUT2D eigenvalue weighted by molar-refractivity contribution is -0.137. The largest absolute Gasteiger partial charge is 0.488 e. The number of anilines is 2. The first kappa shape index (κ1) is 22.2. The van der Waals surface area contributed by atoms with Gasteiger partial charge in [0.15, 0.2) is 16.7 Å². The monoisotopic (exact) mass is 487 g/mol. The molecule has 0 bridgehead atoms. The number of fused-ring (bicyclic) bond motifs is 1. The molecule has 0 fully saturated rings. The fourth-order valence-electron chi connectivity index (χ4n) is 3.78. The molecule has 34 heavy (non-hydrogen) atoms. The Balaban J connectivity index is 1.35. The highest BCUT2D eigenvalue weighted by Crippen LogP contribution is 2.35. The summed E-state index contributed by atoms with van der Waals surface area (Å²) in [5.74, 6) is 0.635. The molecule has 2 aromatic heterocycles. The minimum Gasteiger partial charge on any atom is -0.488 e. The maximum absolute atomic E-state index is 13.1. The van der Waals surface area contributed by atoms with E-state index >= 15 is 0 Å². The smallest absolute Gasteiger partial charge is 0.416 e. The lowest BCUT2D eigenvalue weighted by atomic mass is 10.1. The zero-order valence-corrected chi connectivity index (χ0v) is 18.7. The van der Waals surface area contributed by atoms with Gasteiger partial charge >= 0.3 is 12.2 Å². The maximum atomic E-state index is 13.1. The summed E-state index contributed by atoms with van der Waals surface area (Å²) in [6, 6.07) is 7.68. The third-order valence-corrected chi connectivity index (χ3v) is 6.32. The lowest BCUT2D eigenvalue weighted by Gasteiger charge is -2.28. The fraction of sp³-hybridized carbons (Fsp3) is 0.261. The summed E-state index contributed by atoms with van der Waals surface area (Å²) < 4.78 is 45.0. The minimum atomic E-state index is -4.46. The van der Waals surface area contributed by atoms with Crippen LogP contribution in [0.15, 0.2) is 54.9 Å². The average Bonchev–Trinajstić information content (AvgIpc) is 3.50. The van der Waals surface area contributed by atoms with Crippen molar-refractivity contribution in [2.24, 2.45) is 0 Å². The van der Waals surface area contributed by atoms with E-state index in [1.807, 2.05) is 0 Å². The number of thiazole rings is 1. The SMILES string of the molecule is O=C(Nc1ncc(CN2C=CCC2)s1)N1CCOc2ccc(-c3cccc(C(F)(F)F)c3)nc21. The number of benzene rings is 1. The number of amides is 2. The van der Waals surface area contributed by atoms with Crippen molar-refractivity contribution in [2.45, 2.75) is 19.1 Å². The number of pyridine rings is 1. The third kappa shape index (κ3) is 4.69. The van der Waals surface area contributed by atoms with Gasteiger partial charge < -0.3 is 9.64 Å². The van der Waals surface area contributed by atoms with Crippen molar-refractivity contribution in [2.75, 3.05) is 29.9 Å². The van der Waals surface area contributed by atoms with Crippen molar-refractivity contribution >= 4 is 28.3 Å². The first-order valence-corrected chi connectivity index (χ1v) is 11.4. The zero-order valence-electron chi connectivity index (χ0n) is 17.9. The summed E-state index contributed by atoms with van der Waals surface area (Å²) >= 11 is 1.39. The molecular weight excluding hydrogens is 467 g/mol. The van der Waals surface area contributed by atoms with Gasteiger partial charge in [0, 0.05) is 23.2 Å². The lowest BCUT2D eigenvalue weighted by Crippen LogP contribution is -2.41. The predicted octanol–water partition coefficient (Wildman–Crippen LogP) is 5.37. The molecule has 7 nitrogen and oxygen atoms in total. The van der Waals surface area contributed by atoms with Crippen molar-refractivity contribution in [1.82, 2.24) is 14.9 Å². The van der Waals surface area contributed by atoms with Gasteiger partial charge in [-0.2, -0.15) is 13.2 Å². The summed E-state index contributed by atoms with van der Waals surface area (Å²) in [6.45, 7) is 2.21. The van der Waals surface area contributed by atoms with Crippen molar-refractivity contribution in [3.05, 3.63) is 65.3 Å². The topological polar surface area (TPSA) is 70.6 Å². The molecule has 1 N–H and O–H groups in total. The summed E-state index contributed by atoms with van der Waals surface area (Å²) in [5, 5.41) is 3.26. The highest BCUT2D eigenvalue weighted by atomic mass is 32.1. The number of alkyl halides is 3. The predicted molar refractivity (Wildman–Crippen MR) is 123 cm³/mol. The number of ether oxygens (including phenoxy) is 1. The Kier molecular flexibility index (Phi) is 5.86. The van der Waals surface area contributed by atoms with Gasteiger partial charge in [-0.1, -0.05) is 29.5 Å². The van der Waals surface area contributed by atoms with E-state index in [9.17, 15) is 18.0 Å². The van der Waals surface area contributed by atoms with E-state index in [4.69, 9.17) is 4.74 Å². The Morgan fingerprint density at radius 1 is 1.21 bits per heavy atom. The van der Waals surface area contributed by atoms with Gasteiger partial charge in [-0.25, -0.2) is 14.8 Å². The molecule has 2 aliphatic rings. The standard InChI is InChI=1S/C23H20F3N5O2S/c24-23(25,26)16-5-3-4-15(12-16)18-6-7-19-20(28-18)31(10-11-33-19)22(32)29-21-27-13-17(34-21)14-30-8-1-2-9-30/h1,3-8,12-13H,2,9-11,14H2,(H,27,29,32). The Labute approximate surface area is 197 Å². The van der Waals surface area contributed by atoms with Gasteiger partial charge in [-0.3, -0.25) is 10.2 Å². The van der Waals surface area contributed by atoms with Crippen LogP contribution in [-0.4, -0.2) is 40.6 Å². The Hall–Kier alpha value is -3.60. The molecule has 0 saturated carbocycles. The van der Waals surface area contributed by atoms with Crippen LogP contribution in [0, 0.1) is 0 Å². The number of urea groups is 1. The number of carbonyl (C=O) groups is 1. The van der Waals surface area contributed by atoms with Crippen LogP contribution in [0.2, 0.25) is 0 Å². The molecule has 5 rings (SSSR count). The molecule has 0 saturated heterocycles. The molecular formula is C23H20F3N5O2S. The van der Waals surface area contributed by atoms with Crippen molar-refractivity contribution in [3.63, 3.8) is 0 Å². The van der Waals surface area contributed by atoms with Crippen molar-refractivity contribution in [3.8, 4) is 17.0 Å². The minimum absolute atomic E-state index is 0.245. The second kappa shape index (κ2) is 8.98. The molecule has 2 aliphatic heterocycles. The van der Waals surface area contributed by atoms with Crippen LogP contribution in [0.25, 0.3) is 11.3 Å². The van der Waals surface area contributed by atoms with Crippen LogP contribution in [0.3, 0.4) is 0 Å². The van der Waals surface area contributed by atoms with E-state index in [0.717, 1.165) is 36.5 Å². The van der Waals surface area contributed by atoms with Gasteiger partial charge in [0.1, 0.15) is 6.61 Å². The number of rotatable bonds is 4. The summed E-state index contributed by atoms with van der Waals surface area (Å²) in [4.78, 5) is 26.4. The molecule has 0 unspecified atom stereocenters. The molecule has 2 amide bonds. The van der Waals surface area contributed by atoms with Crippen LogP contribution in [-0.2, 0) is 12.7 Å². The zero-order chi connectivity index (χ0) is 23.7. The number of hydrogen-bond acceptors (Lipinski definition) is 6. The van der Waals surface area contributed by atoms with Gasteiger partial charge in [-0.05, 0) is 36.9 Å². The van der Waals surface area contributed by atoms with Gasteiger partial charge in [0.05, 0.1) is 24.3 Å². The van der Waals surface area contributed by atoms with Crippen LogP contribution in [0.4, 0.5) is 28.9 Å². The molecule has 0 atom stereocenters. The van der Waals surface area contributed by atoms with Crippen molar-refractivity contribution < 1.29 is 22.7 Å². The third-order valence-electron chi connectivity index (χ3n) is 5.42. The molecule has 0 aliphatic carbocycles. The Bertz CT molecular complexity index is 1240. The molecule has 176 valence electrons. The van der Waals surface area contributed by atoms with Gasteiger partial charge in [0.2, 0.25) is 0 Å². The number of hydrogen-bond donors (Lipinski definition) is 1. The normalized spacial score (nSPS) is 15.3. The molecule has 11 heteroatoms. The van der Waals surface area contributed by atoms with E-state index in [1.54, 1.807) is 24.4 Å². The van der Waals surface area contributed by atoms with Crippen LogP contribution in [0.1, 0.15) is 16.9 Å². The van der Waals surface area contributed by atoms with Crippen molar-refractivity contribution in [1.29, 1.82) is 0 Å². The van der Waals surface area contributed by atoms with Crippen LogP contribution < -0.4 is 15.0 Å². The quantitative estimate of drug-likeness (QED) is 0.536. The van der Waals surface area contributed by atoms with E-state index in [2.05, 4.69) is 32.5 Å². The highest BCUT2D eigenvalue weighted by molar-refractivity contribution is 7.15. The van der Waals surface area contributed by atoms with Gasteiger partial charge in [0.25, 0.3) is 0 Å². The first-order valence-electron chi connectivity index (χ1n) is 10.6. The van der Waals surface area contributed by atoms with E-state index in [1.165, 1.54) is 22.3 Å². The summed E-state index contributed by atoms with van der Waals surface area (Å²) in [7, 11) is 0. The number of halogens is 3. The Morgan fingerprint density at radius 2 is 2.09 bits per heavy atom. The highest BCUT2D eigenvalue weighted by Gasteiger charge is 2.31. The van der Waals surface area contributed by atoms with Gasteiger partial charge in [-0.15, -0.1) is 0 Å². The average molecular weight is 488 g/mol. The van der Waals surface area contributed by atoms with E-state index in [0.29, 0.717) is 22.1 Å². The van der Waals surface area contributed by atoms with Crippen LogP contribution in [0.5, 0.6) is 5.75 Å². The molecule has 4 heterocycles. The molecule has 0 radical (unpaired) electrons. The summed E-state index contributed by atoms with van der Waals surface area (Å²) in [5.41, 5.74) is -0.160. The van der Waals surface area contributed by atoms with Crippen LogP contribution >= 0.6 is 11.3 Å². The number of nitrogens with one attached hydrogen (secondary N) is 1. The van der Waals surface area contributed by atoms with E-state index < -0.39 is 17.8 Å². The molecule has 0 spiro atoms. The molecule has 1 aromatic carbocycles. The summed E-state index contributed by atoms with van der Waals surface area (Å²) in [6.07, 6.45) is 2.46. The first-order chi connectivity index (χ1) is 16.4. The second-order valence-electron chi connectivity index (χ2n) is 7.80. The Morgan fingerprint density at radius 3 is 2.88 bits per heavy atom. The molecule has 3 aromatic rings. The maximum Gasteiger partial charge on any atom is 0.416 e. The fourth-order valence-corrected chi connectivity index (χ4v) is 4.60. The van der Waals surface area contributed by atoms with E-state index in [-0.39, 0.29) is 19.0 Å². The number of carbonyl (C=O) groups excluding carboxylic acids is 1. The second-order valence-corrected chi connectivity index (χ2v) is 8.92.